The Hall–Kier alpha value is -2.67. The lowest BCUT2D eigenvalue weighted by molar-refractivity contribution is 0.0899. The minimum absolute atomic E-state index is 0.0114. The highest BCUT2D eigenvalue weighted by molar-refractivity contribution is 7.89. The molecule has 0 aliphatic carbocycles. The largest absolute Gasteiger partial charge is 0.451 e. The van der Waals surface area contributed by atoms with Gasteiger partial charge in [-0.2, -0.15) is 0 Å². The molecule has 5 nitrogen and oxygen atoms in total. The summed E-state index contributed by atoms with van der Waals surface area (Å²) >= 11 is 0. The molecular formula is C23H26FNO4S. The van der Waals surface area contributed by atoms with Crippen LogP contribution >= 0.6 is 0 Å². The quantitative estimate of drug-likeness (QED) is 0.594. The third kappa shape index (κ3) is 5.48. The average Bonchev–Trinajstić information content (AvgIpc) is 2.98. The average molecular weight is 432 g/mol. The van der Waals surface area contributed by atoms with Crippen molar-refractivity contribution in [2.24, 2.45) is 5.41 Å². The maximum Gasteiger partial charge on any atom is 0.287 e. The van der Waals surface area contributed by atoms with Crippen molar-refractivity contribution >= 4 is 26.7 Å². The second-order valence-corrected chi connectivity index (χ2v) is 11.0. The summed E-state index contributed by atoms with van der Waals surface area (Å²) in [5.41, 5.74) is 1.45. The van der Waals surface area contributed by atoms with E-state index in [1.165, 1.54) is 12.1 Å². The number of halogens is 1. The van der Waals surface area contributed by atoms with E-state index in [2.05, 4.69) is 5.32 Å². The number of carbonyl (C=O) groups excluding carboxylic acids is 1. The predicted octanol–water partition coefficient (Wildman–Crippen LogP) is 5.02. The Morgan fingerprint density at radius 2 is 1.73 bits per heavy atom. The highest BCUT2D eigenvalue weighted by Gasteiger charge is 2.27. The zero-order valence-electron chi connectivity index (χ0n) is 17.5. The standard InChI is InChI=1S/C23H26FNO4S/c1-23(2,3)13-19(15-9-11-16(24)12-10-15)25-22(26)21-18(14-30(4,27)28)17-7-5-6-8-20(17)29-21/h5-12,19H,13-14H2,1-4H3,(H,25,26). The third-order valence-electron chi connectivity index (χ3n) is 4.71. The summed E-state index contributed by atoms with van der Waals surface area (Å²) in [6, 6.07) is 12.6. The van der Waals surface area contributed by atoms with Gasteiger partial charge in [-0.25, -0.2) is 12.8 Å². The summed E-state index contributed by atoms with van der Waals surface area (Å²) in [5.74, 6) is -1.16. The number of furan rings is 1. The zero-order chi connectivity index (χ0) is 22.1. The van der Waals surface area contributed by atoms with Crippen LogP contribution in [0.15, 0.2) is 52.9 Å². The molecule has 160 valence electrons. The number of hydrogen-bond donors (Lipinski definition) is 1. The van der Waals surface area contributed by atoms with E-state index >= 15 is 0 Å². The van der Waals surface area contributed by atoms with Crippen LogP contribution in [0, 0.1) is 11.2 Å². The molecule has 0 spiro atoms. The number of nitrogens with one attached hydrogen (secondary N) is 1. The van der Waals surface area contributed by atoms with Crippen LogP contribution in [0.25, 0.3) is 11.0 Å². The van der Waals surface area contributed by atoms with Crippen molar-refractivity contribution in [3.05, 3.63) is 71.2 Å². The lowest BCUT2D eigenvalue weighted by Crippen LogP contribution is -2.31. The smallest absolute Gasteiger partial charge is 0.287 e. The van der Waals surface area contributed by atoms with Gasteiger partial charge in [0.15, 0.2) is 15.6 Å². The predicted molar refractivity (Wildman–Crippen MR) is 115 cm³/mol. The summed E-state index contributed by atoms with van der Waals surface area (Å²) in [5, 5.41) is 3.56. The van der Waals surface area contributed by atoms with Crippen molar-refractivity contribution in [1.82, 2.24) is 5.32 Å². The van der Waals surface area contributed by atoms with Crippen LogP contribution in [0.1, 0.15) is 54.9 Å². The topological polar surface area (TPSA) is 76.4 Å². The highest BCUT2D eigenvalue weighted by Crippen LogP contribution is 2.32. The number of amides is 1. The minimum Gasteiger partial charge on any atom is -0.451 e. The van der Waals surface area contributed by atoms with Crippen LogP contribution in [0.2, 0.25) is 0 Å². The Kier molecular flexibility index (Phi) is 6.04. The van der Waals surface area contributed by atoms with Gasteiger partial charge in [-0.1, -0.05) is 51.1 Å². The molecule has 0 bridgehead atoms. The molecule has 7 heteroatoms. The monoisotopic (exact) mass is 431 g/mol. The van der Waals surface area contributed by atoms with Crippen molar-refractivity contribution in [2.75, 3.05) is 6.26 Å². The molecule has 3 aromatic rings. The van der Waals surface area contributed by atoms with Crippen LogP contribution in [-0.2, 0) is 15.6 Å². The molecule has 1 unspecified atom stereocenters. The Morgan fingerprint density at radius 3 is 2.33 bits per heavy atom. The Labute approximate surface area is 176 Å². The van der Waals surface area contributed by atoms with E-state index in [1.807, 2.05) is 20.8 Å². The molecule has 1 aromatic heterocycles. The fourth-order valence-corrected chi connectivity index (χ4v) is 4.28. The van der Waals surface area contributed by atoms with Crippen molar-refractivity contribution in [3.63, 3.8) is 0 Å². The Balaban J connectivity index is 2.00. The number of rotatable bonds is 6. The van der Waals surface area contributed by atoms with Crippen LogP contribution < -0.4 is 5.32 Å². The van der Waals surface area contributed by atoms with Gasteiger partial charge >= 0.3 is 0 Å². The molecule has 1 atom stereocenters. The van der Waals surface area contributed by atoms with Crippen molar-refractivity contribution in [1.29, 1.82) is 0 Å². The molecule has 1 heterocycles. The van der Waals surface area contributed by atoms with Gasteiger partial charge in [-0.3, -0.25) is 4.79 Å². The molecule has 0 aliphatic heterocycles. The maximum atomic E-state index is 13.4. The first-order chi connectivity index (χ1) is 13.9. The number of para-hydroxylation sites is 1. The second-order valence-electron chi connectivity index (χ2n) is 8.82. The molecular weight excluding hydrogens is 405 g/mol. The minimum atomic E-state index is -3.39. The summed E-state index contributed by atoms with van der Waals surface area (Å²) < 4.78 is 43.1. The van der Waals surface area contributed by atoms with E-state index in [4.69, 9.17) is 4.42 Å². The van der Waals surface area contributed by atoms with Crippen molar-refractivity contribution in [3.8, 4) is 0 Å². The zero-order valence-corrected chi connectivity index (χ0v) is 18.3. The maximum absolute atomic E-state index is 13.4. The first kappa shape index (κ1) is 22.0. The molecule has 1 amide bonds. The normalized spacial score (nSPS) is 13.4. The van der Waals surface area contributed by atoms with E-state index in [0.29, 0.717) is 23.0 Å². The van der Waals surface area contributed by atoms with Gasteiger partial charge in [-0.15, -0.1) is 0 Å². The van der Waals surface area contributed by atoms with Crippen LogP contribution in [0.3, 0.4) is 0 Å². The number of fused-ring (bicyclic) bond motifs is 1. The molecule has 3 rings (SSSR count). The molecule has 0 aliphatic rings. The van der Waals surface area contributed by atoms with Gasteiger partial charge in [0.1, 0.15) is 11.4 Å². The third-order valence-corrected chi connectivity index (χ3v) is 5.52. The summed E-state index contributed by atoms with van der Waals surface area (Å²) in [4.78, 5) is 13.2. The SMILES string of the molecule is CC(C)(C)CC(NC(=O)c1oc2ccccc2c1CS(C)(=O)=O)c1ccc(F)cc1. The molecule has 30 heavy (non-hydrogen) atoms. The van der Waals surface area contributed by atoms with E-state index < -0.39 is 21.8 Å². The number of benzene rings is 2. The van der Waals surface area contributed by atoms with Crippen LogP contribution in [0.4, 0.5) is 4.39 Å². The summed E-state index contributed by atoms with van der Waals surface area (Å²) in [6.45, 7) is 6.14. The fourth-order valence-electron chi connectivity index (χ4n) is 3.47. The van der Waals surface area contributed by atoms with E-state index in [0.717, 1.165) is 11.8 Å². The van der Waals surface area contributed by atoms with Crippen molar-refractivity contribution < 1.29 is 22.0 Å². The summed E-state index contributed by atoms with van der Waals surface area (Å²) in [7, 11) is -3.39. The molecule has 0 saturated carbocycles. The highest BCUT2D eigenvalue weighted by atomic mass is 32.2. The molecule has 2 aromatic carbocycles. The first-order valence-electron chi connectivity index (χ1n) is 9.67. The van der Waals surface area contributed by atoms with Gasteiger partial charge in [-0.05, 0) is 35.6 Å². The molecule has 0 fully saturated rings. The van der Waals surface area contributed by atoms with Crippen molar-refractivity contribution in [2.45, 2.75) is 39.0 Å². The Morgan fingerprint density at radius 1 is 1.10 bits per heavy atom. The molecule has 0 saturated heterocycles. The van der Waals surface area contributed by atoms with Crippen LogP contribution in [-0.4, -0.2) is 20.6 Å². The van der Waals surface area contributed by atoms with Crippen LogP contribution in [0.5, 0.6) is 0 Å². The van der Waals surface area contributed by atoms with E-state index in [1.54, 1.807) is 36.4 Å². The lowest BCUT2D eigenvalue weighted by Gasteiger charge is -2.27. The lowest BCUT2D eigenvalue weighted by atomic mass is 9.85. The number of sulfone groups is 1. The number of hydrogen-bond acceptors (Lipinski definition) is 4. The number of carbonyl (C=O) groups is 1. The molecule has 1 N–H and O–H groups in total. The van der Waals surface area contributed by atoms with Gasteiger partial charge in [0, 0.05) is 17.2 Å². The van der Waals surface area contributed by atoms with E-state index in [-0.39, 0.29) is 22.7 Å². The van der Waals surface area contributed by atoms with E-state index in [9.17, 15) is 17.6 Å². The fraction of sp³-hybridized carbons (Fsp3) is 0.348. The first-order valence-corrected chi connectivity index (χ1v) is 11.7. The molecule has 0 radical (unpaired) electrons. The second kappa shape index (κ2) is 8.22. The van der Waals surface area contributed by atoms with Gasteiger partial charge < -0.3 is 9.73 Å². The summed E-state index contributed by atoms with van der Waals surface area (Å²) in [6.07, 6.45) is 1.73. The Bertz CT molecular complexity index is 1160. The van der Waals surface area contributed by atoms with Gasteiger partial charge in [0.25, 0.3) is 5.91 Å². The van der Waals surface area contributed by atoms with Gasteiger partial charge in [0.2, 0.25) is 0 Å². The van der Waals surface area contributed by atoms with Gasteiger partial charge in [0.05, 0.1) is 11.8 Å².